The quantitative estimate of drug-likeness (QED) is 0.700. The number of benzene rings is 2. The molecule has 8 nitrogen and oxygen atoms in total. The van der Waals surface area contributed by atoms with Gasteiger partial charge in [0.1, 0.15) is 17.5 Å². The summed E-state index contributed by atoms with van der Waals surface area (Å²) in [6.45, 7) is 0.609. The number of rotatable bonds is 5. The Balaban J connectivity index is 1.54. The van der Waals surface area contributed by atoms with Gasteiger partial charge in [-0.05, 0) is 37.1 Å². The Morgan fingerprint density at radius 2 is 1.83 bits per heavy atom. The minimum Gasteiger partial charge on any atom is -0.496 e. The van der Waals surface area contributed by atoms with Crippen LogP contribution in [0.5, 0.6) is 11.5 Å². The van der Waals surface area contributed by atoms with Crippen LogP contribution in [0.4, 0.5) is 10.5 Å². The number of urea groups is 1. The van der Waals surface area contributed by atoms with Crippen molar-refractivity contribution >= 4 is 11.7 Å². The van der Waals surface area contributed by atoms with Gasteiger partial charge in [-0.1, -0.05) is 29.4 Å². The lowest BCUT2D eigenvalue weighted by atomic mass is 10.2. The van der Waals surface area contributed by atoms with Gasteiger partial charge >= 0.3 is 6.03 Å². The maximum absolute atomic E-state index is 12.9. The number of ether oxygens (including phenoxy) is 2. The predicted octanol–water partition coefficient (Wildman–Crippen LogP) is 4.12. The van der Waals surface area contributed by atoms with Crippen molar-refractivity contribution < 1.29 is 18.8 Å². The molecule has 2 aromatic carbocycles. The monoisotopic (exact) mass is 394 g/mol. The summed E-state index contributed by atoms with van der Waals surface area (Å²) in [6.07, 6.45) is 1.61. The summed E-state index contributed by atoms with van der Waals surface area (Å²) < 4.78 is 16.2. The number of likely N-dealkylation sites (tertiary alicyclic amines) is 1. The first-order chi connectivity index (χ1) is 14.2. The number of aromatic nitrogens is 2. The van der Waals surface area contributed by atoms with Crippen LogP contribution < -0.4 is 14.8 Å². The van der Waals surface area contributed by atoms with E-state index in [2.05, 4.69) is 15.5 Å². The average molecular weight is 394 g/mol. The number of para-hydroxylation sites is 3. The third-order valence-corrected chi connectivity index (χ3v) is 4.94. The van der Waals surface area contributed by atoms with Gasteiger partial charge in [-0.3, -0.25) is 0 Å². The minimum absolute atomic E-state index is 0.228. The van der Waals surface area contributed by atoms with Crippen LogP contribution in [0.25, 0.3) is 11.4 Å². The van der Waals surface area contributed by atoms with Gasteiger partial charge in [-0.15, -0.1) is 0 Å². The van der Waals surface area contributed by atoms with Gasteiger partial charge in [-0.25, -0.2) is 4.79 Å². The van der Waals surface area contributed by atoms with Gasteiger partial charge in [-0.2, -0.15) is 4.98 Å². The molecular formula is C21H22N4O4. The first-order valence-electron chi connectivity index (χ1n) is 9.39. The number of hydrogen-bond donors (Lipinski definition) is 1. The summed E-state index contributed by atoms with van der Waals surface area (Å²) in [5.41, 5.74) is 1.36. The Bertz CT molecular complexity index is 1000. The molecule has 29 heavy (non-hydrogen) atoms. The lowest BCUT2D eigenvalue weighted by molar-refractivity contribution is 0.193. The predicted molar refractivity (Wildman–Crippen MR) is 107 cm³/mol. The molecule has 1 N–H and O–H groups in total. The van der Waals surface area contributed by atoms with Crippen molar-refractivity contribution in [1.82, 2.24) is 15.0 Å². The van der Waals surface area contributed by atoms with Gasteiger partial charge in [0.25, 0.3) is 0 Å². The van der Waals surface area contributed by atoms with Crippen molar-refractivity contribution in [1.29, 1.82) is 0 Å². The second kappa shape index (κ2) is 8.22. The van der Waals surface area contributed by atoms with Crippen LogP contribution in [0.1, 0.15) is 24.8 Å². The Hall–Kier alpha value is -3.55. The molecule has 0 spiro atoms. The molecule has 0 bridgehead atoms. The van der Waals surface area contributed by atoms with Gasteiger partial charge in [0.2, 0.25) is 11.7 Å². The fourth-order valence-electron chi connectivity index (χ4n) is 3.51. The van der Waals surface area contributed by atoms with E-state index in [4.69, 9.17) is 14.0 Å². The highest BCUT2D eigenvalue weighted by Crippen LogP contribution is 2.34. The van der Waals surface area contributed by atoms with Crippen LogP contribution >= 0.6 is 0 Å². The molecule has 0 unspecified atom stereocenters. The molecule has 2 heterocycles. The second-order valence-electron chi connectivity index (χ2n) is 6.64. The fraction of sp³-hybridized carbons (Fsp3) is 0.286. The lowest BCUT2D eigenvalue weighted by Gasteiger charge is -2.22. The van der Waals surface area contributed by atoms with Gasteiger partial charge in [0.05, 0.1) is 25.5 Å². The van der Waals surface area contributed by atoms with E-state index in [1.807, 2.05) is 36.4 Å². The van der Waals surface area contributed by atoms with E-state index in [-0.39, 0.29) is 12.1 Å². The summed E-state index contributed by atoms with van der Waals surface area (Å²) in [7, 11) is 3.17. The molecular weight excluding hydrogens is 372 g/mol. The second-order valence-corrected chi connectivity index (χ2v) is 6.64. The first kappa shape index (κ1) is 18.8. The number of amides is 2. The molecule has 3 aromatic rings. The molecule has 2 amide bonds. The van der Waals surface area contributed by atoms with Gasteiger partial charge in [0.15, 0.2) is 0 Å². The van der Waals surface area contributed by atoms with Crippen molar-refractivity contribution in [3.8, 4) is 22.9 Å². The maximum Gasteiger partial charge on any atom is 0.322 e. The summed E-state index contributed by atoms with van der Waals surface area (Å²) in [6, 6.07) is 14.3. The first-order valence-corrected chi connectivity index (χ1v) is 9.39. The third-order valence-electron chi connectivity index (χ3n) is 4.94. The Morgan fingerprint density at radius 3 is 2.62 bits per heavy atom. The molecule has 8 heteroatoms. The highest BCUT2D eigenvalue weighted by atomic mass is 16.5. The maximum atomic E-state index is 12.9. The largest absolute Gasteiger partial charge is 0.496 e. The zero-order valence-electron chi connectivity index (χ0n) is 16.3. The van der Waals surface area contributed by atoms with Crippen LogP contribution in [0.15, 0.2) is 53.1 Å². The number of hydrogen-bond acceptors (Lipinski definition) is 6. The van der Waals surface area contributed by atoms with E-state index in [9.17, 15) is 4.79 Å². The summed E-state index contributed by atoms with van der Waals surface area (Å²) >= 11 is 0. The molecule has 0 radical (unpaired) electrons. The summed E-state index contributed by atoms with van der Waals surface area (Å²) in [5, 5.41) is 7.01. The molecule has 150 valence electrons. The Morgan fingerprint density at radius 1 is 1.10 bits per heavy atom. The number of methoxy groups -OCH3 is 2. The van der Waals surface area contributed by atoms with Crippen LogP contribution in [0.3, 0.4) is 0 Å². The summed E-state index contributed by atoms with van der Waals surface area (Å²) in [4.78, 5) is 19.1. The molecule has 0 saturated carbocycles. The smallest absolute Gasteiger partial charge is 0.322 e. The average Bonchev–Trinajstić information content (AvgIpc) is 3.43. The Kier molecular flexibility index (Phi) is 5.33. The molecule has 4 rings (SSSR count). The molecule has 1 atom stereocenters. The molecule has 0 aliphatic carbocycles. The van der Waals surface area contributed by atoms with Crippen molar-refractivity contribution in [2.45, 2.75) is 18.9 Å². The van der Waals surface area contributed by atoms with E-state index in [1.165, 1.54) is 0 Å². The SMILES string of the molecule is COc1ccccc1NC(=O)N1CCC[C@H]1c1nc(-c2ccccc2OC)no1. The van der Waals surface area contributed by atoms with E-state index in [1.54, 1.807) is 31.3 Å². The normalized spacial score (nSPS) is 15.9. The number of nitrogens with one attached hydrogen (secondary N) is 1. The molecule has 1 aromatic heterocycles. The minimum atomic E-state index is -0.277. The number of anilines is 1. The van der Waals surface area contributed by atoms with Crippen molar-refractivity contribution in [3.63, 3.8) is 0 Å². The van der Waals surface area contributed by atoms with E-state index in [0.29, 0.717) is 35.4 Å². The fourth-order valence-corrected chi connectivity index (χ4v) is 3.51. The zero-order chi connectivity index (χ0) is 20.2. The third kappa shape index (κ3) is 3.73. The molecule has 1 aliphatic rings. The number of carbonyl (C=O) groups is 1. The molecule has 1 fully saturated rings. The highest BCUT2D eigenvalue weighted by molar-refractivity contribution is 5.91. The van der Waals surface area contributed by atoms with Gasteiger partial charge < -0.3 is 24.2 Å². The number of carbonyl (C=O) groups excluding carboxylic acids is 1. The van der Waals surface area contributed by atoms with E-state index >= 15 is 0 Å². The standard InChI is InChI=1S/C21H22N4O4/c1-27-17-11-5-3-8-14(17)19-23-20(29-24-19)16-10-7-13-25(16)21(26)22-15-9-4-6-12-18(15)28-2/h3-6,8-9,11-12,16H,7,10,13H2,1-2H3,(H,22,26)/t16-/m0/s1. The molecule has 1 aliphatic heterocycles. The van der Waals surface area contributed by atoms with E-state index < -0.39 is 0 Å². The van der Waals surface area contributed by atoms with Gasteiger partial charge in [0, 0.05) is 6.54 Å². The highest BCUT2D eigenvalue weighted by Gasteiger charge is 2.34. The Labute approximate surface area is 168 Å². The van der Waals surface area contributed by atoms with Crippen molar-refractivity contribution in [3.05, 3.63) is 54.4 Å². The zero-order valence-corrected chi connectivity index (χ0v) is 16.3. The van der Waals surface area contributed by atoms with E-state index in [0.717, 1.165) is 18.4 Å². The van der Waals surface area contributed by atoms with Crippen LogP contribution in [0.2, 0.25) is 0 Å². The molecule has 1 saturated heterocycles. The van der Waals surface area contributed by atoms with Crippen molar-refractivity contribution in [2.75, 3.05) is 26.1 Å². The van der Waals surface area contributed by atoms with Crippen LogP contribution in [-0.2, 0) is 0 Å². The van der Waals surface area contributed by atoms with Crippen LogP contribution in [-0.4, -0.2) is 41.8 Å². The van der Waals surface area contributed by atoms with Crippen molar-refractivity contribution in [2.24, 2.45) is 0 Å². The number of nitrogens with zero attached hydrogens (tertiary/aromatic N) is 3. The summed E-state index contributed by atoms with van der Waals surface area (Å²) in [5.74, 6) is 2.12. The lowest BCUT2D eigenvalue weighted by Crippen LogP contribution is -2.34. The van der Waals surface area contributed by atoms with Crippen LogP contribution in [0, 0.1) is 0 Å². The topological polar surface area (TPSA) is 89.7 Å².